The Morgan fingerprint density at radius 2 is 1.11 bits per heavy atom. The van der Waals surface area contributed by atoms with Crippen molar-refractivity contribution in [2.45, 2.75) is 56.8 Å². The first-order valence-corrected chi connectivity index (χ1v) is 21.3. The molecule has 4 bridgehead atoms. The molecule has 0 amide bonds. The third-order valence-electron chi connectivity index (χ3n) is 15.5. The Morgan fingerprint density at radius 1 is 0.474 bits per heavy atom. The summed E-state index contributed by atoms with van der Waals surface area (Å²) in [5, 5.41) is 2.33. The predicted octanol–water partition coefficient (Wildman–Crippen LogP) is 14.8. The zero-order valence-corrected chi connectivity index (χ0v) is 32.6. The van der Waals surface area contributed by atoms with Gasteiger partial charge in [-0.05, 0) is 154 Å². The molecule has 6 aliphatic rings. The van der Waals surface area contributed by atoms with Crippen LogP contribution < -0.4 is 4.90 Å². The molecule has 4 saturated carbocycles. The third kappa shape index (κ3) is 4.26. The van der Waals surface area contributed by atoms with Crippen molar-refractivity contribution >= 4 is 39.0 Å². The van der Waals surface area contributed by atoms with Gasteiger partial charge in [-0.2, -0.15) is 0 Å². The van der Waals surface area contributed by atoms with E-state index in [1.165, 1.54) is 88.1 Å². The predicted molar refractivity (Wildman–Crippen MR) is 235 cm³/mol. The van der Waals surface area contributed by atoms with Crippen molar-refractivity contribution in [2.75, 3.05) is 4.90 Å². The van der Waals surface area contributed by atoms with Gasteiger partial charge in [-0.25, -0.2) is 0 Å². The Bertz CT molecular complexity index is 2930. The maximum atomic E-state index is 6.31. The van der Waals surface area contributed by atoms with Crippen LogP contribution in [-0.2, 0) is 10.8 Å². The molecule has 2 heteroatoms. The molecule has 0 radical (unpaired) electrons. The smallest absolute Gasteiger partial charge is 0.136 e. The van der Waals surface area contributed by atoms with Crippen LogP contribution in [0.25, 0.3) is 55.3 Å². The topological polar surface area (TPSA) is 16.4 Å². The lowest BCUT2D eigenvalue weighted by atomic mass is 9.43. The molecule has 0 aliphatic heterocycles. The minimum absolute atomic E-state index is 0.0948. The number of hydrogen-bond acceptors (Lipinski definition) is 2. The highest BCUT2D eigenvalue weighted by Crippen LogP contribution is 2.70. The second-order valence-corrected chi connectivity index (χ2v) is 18.5. The van der Waals surface area contributed by atoms with Crippen molar-refractivity contribution in [1.82, 2.24) is 0 Å². The molecule has 1 spiro atoms. The van der Waals surface area contributed by atoms with Crippen LogP contribution in [0.15, 0.2) is 156 Å². The van der Waals surface area contributed by atoms with Crippen molar-refractivity contribution in [1.29, 1.82) is 0 Å². The fourth-order valence-corrected chi connectivity index (χ4v) is 13.3. The fourth-order valence-electron chi connectivity index (χ4n) is 13.3. The number of fused-ring (bicyclic) bond motifs is 9. The van der Waals surface area contributed by atoms with E-state index in [4.69, 9.17) is 4.42 Å². The van der Waals surface area contributed by atoms with Crippen LogP contribution in [0, 0.1) is 23.7 Å². The van der Waals surface area contributed by atoms with Crippen LogP contribution in [0.3, 0.4) is 0 Å². The molecule has 276 valence electrons. The van der Waals surface area contributed by atoms with E-state index < -0.39 is 0 Å². The summed E-state index contributed by atoms with van der Waals surface area (Å²) in [4.78, 5) is 2.58. The normalized spacial score (nSPS) is 24.2. The van der Waals surface area contributed by atoms with E-state index >= 15 is 0 Å². The molecule has 0 atom stereocenters. The number of para-hydroxylation sites is 1. The molecule has 4 fully saturated rings. The number of rotatable bonds is 4. The number of furan rings is 1. The van der Waals surface area contributed by atoms with Gasteiger partial charge in [-0.3, -0.25) is 0 Å². The minimum Gasteiger partial charge on any atom is -0.456 e. The van der Waals surface area contributed by atoms with Crippen molar-refractivity contribution < 1.29 is 4.42 Å². The van der Waals surface area contributed by atoms with E-state index in [1.807, 2.05) is 6.07 Å². The summed E-state index contributed by atoms with van der Waals surface area (Å²) < 4.78 is 6.31. The number of nitrogens with zero attached hydrogens (tertiary/aromatic N) is 1. The summed E-state index contributed by atoms with van der Waals surface area (Å²) in [5.41, 5.74) is 19.5. The van der Waals surface area contributed by atoms with Gasteiger partial charge in [0.1, 0.15) is 11.2 Å². The van der Waals surface area contributed by atoms with Gasteiger partial charge in [0.2, 0.25) is 0 Å². The number of hydrogen-bond donors (Lipinski definition) is 0. The zero-order chi connectivity index (χ0) is 37.6. The van der Waals surface area contributed by atoms with E-state index in [0.717, 1.165) is 51.2 Å². The molecule has 0 saturated heterocycles. The van der Waals surface area contributed by atoms with Crippen LogP contribution in [0.4, 0.5) is 17.1 Å². The van der Waals surface area contributed by atoms with Crippen LogP contribution in [-0.4, -0.2) is 0 Å². The van der Waals surface area contributed by atoms with Gasteiger partial charge < -0.3 is 9.32 Å². The number of anilines is 3. The summed E-state index contributed by atoms with van der Waals surface area (Å²) in [6, 6.07) is 57.4. The van der Waals surface area contributed by atoms with Crippen molar-refractivity contribution in [3.63, 3.8) is 0 Å². The van der Waals surface area contributed by atoms with Crippen LogP contribution in [0.1, 0.15) is 68.2 Å². The van der Waals surface area contributed by atoms with Gasteiger partial charge in [-0.15, -0.1) is 0 Å². The van der Waals surface area contributed by atoms with E-state index in [2.05, 4.69) is 164 Å². The fraction of sp³-hybridized carbons (Fsp3) is 0.236. The molecule has 0 unspecified atom stereocenters. The van der Waals surface area contributed by atoms with Gasteiger partial charge in [0.15, 0.2) is 0 Å². The lowest BCUT2D eigenvalue weighted by Crippen LogP contribution is -2.55. The van der Waals surface area contributed by atoms with Crippen LogP contribution >= 0.6 is 0 Å². The van der Waals surface area contributed by atoms with Gasteiger partial charge in [0.05, 0.1) is 5.69 Å². The van der Waals surface area contributed by atoms with E-state index in [9.17, 15) is 0 Å². The van der Waals surface area contributed by atoms with E-state index in [1.54, 1.807) is 11.1 Å². The SMILES string of the molecule is CC1(C)c2ccccc2-c2ccc(N(c3ccc(-c4ccc5c(c4)oc4ccccc45)cc3)c3cccc4c3-c3ccccc3C43C4CC5CC(C4)CC3C5)cc21. The summed E-state index contributed by atoms with van der Waals surface area (Å²) in [5.74, 6) is 3.28. The number of benzene rings is 7. The van der Waals surface area contributed by atoms with Gasteiger partial charge in [0.25, 0.3) is 0 Å². The lowest BCUT2D eigenvalue weighted by molar-refractivity contribution is -0.0399. The Hall–Kier alpha value is -5.86. The highest BCUT2D eigenvalue weighted by Gasteiger charge is 2.62. The highest BCUT2D eigenvalue weighted by atomic mass is 16.3. The first-order valence-electron chi connectivity index (χ1n) is 21.3. The molecule has 57 heavy (non-hydrogen) atoms. The average molecular weight is 736 g/mol. The average Bonchev–Trinajstić information content (AvgIpc) is 3.84. The molecular formula is C55H45NO. The first kappa shape index (κ1) is 32.2. The molecule has 2 nitrogen and oxygen atoms in total. The zero-order valence-electron chi connectivity index (χ0n) is 32.6. The molecule has 0 N–H and O–H groups in total. The summed E-state index contributed by atoms with van der Waals surface area (Å²) in [7, 11) is 0. The van der Waals surface area contributed by atoms with Crippen molar-refractivity contribution in [3.05, 3.63) is 174 Å². The van der Waals surface area contributed by atoms with Gasteiger partial charge in [-0.1, -0.05) is 117 Å². The Morgan fingerprint density at radius 3 is 1.91 bits per heavy atom. The molecule has 1 aromatic heterocycles. The Labute approximate surface area is 334 Å². The van der Waals surface area contributed by atoms with Crippen LogP contribution in [0.2, 0.25) is 0 Å². The van der Waals surface area contributed by atoms with E-state index in [-0.39, 0.29) is 10.8 Å². The maximum absolute atomic E-state index is 6.31. The van der Waals surface area contributed by atoms with Gasteiger partial charge in [0, 0.05) is 38.5 Å². The quantitative estimate of drug-likeness (QED) is 0.179. The largest absolute Gasteiger partial charge is 0.456 e. The Kier molecular flexibility index (Phi) is 6.44. The monoisotopic (exact) mass is 735 g/mol. The molecule has 14 rings (SSSR count). The molecule has 7 aromatic carbocycles. The summed E-state index contributed by atoms with van der Waals surface area (Å²) in [6.45, 7) is 4.79. The van der Waals surface area contributed by atoms with Crippen molar-refractivity contribution in [2.24, 2.45) is 23.7 Å². The first-order chi connectivity index (χ1) is 28.0. The third-order valence-corrected chi connectivity index (χ3v) is 15.5. The second-order valence-electron chi connectivity index (χ2n) is 18.5. The molecule has 6 aliphatic carbocycles. The second kappa shape index (κ2) is 11.4. The maximum Gasteiger partial charge on any atom is 0.136 e. The van der Waals surface area contributed by atoms with E-state index in [0.29, 0.717) is 0 Å². The molecule has 1 heterocycles. The van der Waals surface area contributed by atoms with Crippen LogP contribution in [0.5, 0.6) is 0 Å². The molecule has 8 aromatic rings. The standard InChI is InChI=1S/C55H45NO/c1-54(2)46-13-6-3-10-41(46)42-25-23-40(32-49(42)54)56(39-21-18-35(19-22-39)36-20-24-44-43-11-5-8-17-51(43)57-52(44)31-36)50-16-9-15-48-53(50)45-12-4-7-14-47(45)55(48)37-27-33-26-34(29-37)30-38(55)28-33/h3-25,31-34,37-38H,26-30H2,1-2H3. The van der Waals surface area contributed by atoms with Crippen molar-refractivity contribution in [3.8, 4) is 33.4 Å². The highest BCUT2D eigenvalue weighted by molar-refractivity contribution is 6.06. The minimum atomic E-state index is -0.0948. The lowest BCUT2D eigenvalue weighted by Gasteiger charge is -2.61. The molecular weight excluding hydrogens is 691 g/mol. The summed E-state index contributed by atoms with van der Waals surface area (Å²) >= 11 is 0. The summed E-state index contributed by atoms with van der Waals surface area (Å²) in [6.07, 6.45) is 7.01. The van der Waals surface area contributed by atoms with Gasteiger partial charge >= 0.3 is 0 Å². The Balaban J connectivity index is 1.00.